The van der Waals surface area contributed by atoms with Crippen LogP contribution in [0.25, 0.3) is 0 Å². The van der Waals surface area contributed by atoms with E-state index in [0.717, 1.165) is 0 Å². The van der Waals surface area contributed by atoms with Crippen LogP contribution >= 0.6 is 0 Å². The second-order valence-electron chi connectivity index (χ2n) is 5.03. The van der Waals surface area contributed by atoms with Crippen molar-refractivity contribution in [2.75, 3.05) is 31.1 Å². The monoisotopic (exact) mass is 278 g/mol. The second kappa shape index (κ2) is 5.85. The first-order chi connectivity index (χ1) is 9.49. The highest BCUT2D eigenvalue weighted by Crippen LogP contribution is 2.13. The molecule has 1 aromatic rings. The number of aromatic nitrogens is 2. The third-order valence-corrected chi connectivity index (χ3v) is 3.27. The fourth-order valence-corrected chi connectivity index (χ4v) is 2.12. The maximum absolute atomic E-state index is 11.9. The van der Waals surface area contributed by atoms with Gasteiger partial charge in [-0.3, -0.25) is 4.79 Å². The summed E-state index contributed by atoms with van der Waals surface area (Å²) in [4.78, 5) is 34.4. The van der Waals surface area contributed by atoms with Crippen molar-refractivity contribution in [2.45, 2.75) is 13.8 Å². The lowest BCUT2D eigenvalue weighted by molar-refractivity contribution is -0.134. The number of carbonyl (C=O) groups excluding carboxylic acids is 1. The van der Waals surface area contributed by atoms with Crippen LogP contribution in [0.3, 0.4) is 0 Å². The van der Waals surface area contributed by atoms with Gasteiger partial charge in [0.05, 0.1) is 12.4 Å². The predicted octanol–water partition coefficient (Wildman–Crippen LogP) is 0.479. The van der Waals surface area contributed by atoms with E-state index in [2.05, 4.69) is 9.97 Å². The summed E-state index contributed by atoms with van der Waals surface area (Å²) in [5, 5.41) is 8.77. The number of carboxylic acid groups (broad SMARTS) is 1. The fraction of sp³-hybridized carbons (Fsp3) is 0.538. The van der Waals surface area contributed by atoms with Crippen molar-refractivity contribution in [3.8, 4) is 0 Å². The van der Waals surface area contributed by atoms with E-state index in [1.165, 1.54) is 12.4 Å². The first-order valence-corrected chi connectivity index (χ1v) is 6.58. The Morgan fingerprint density at radius 3 is 2.25 bits per heavy atom. The molecule has 1 saturated heterocycles. The zero-order chi connectivity index (χ0) is 14.7. The molecule has 2 rings (SSSR count). The smallest absolute Gasteiger partial charge is 0.356 e. The van der Waals surface area contributed by atoms with Crippen LogP contribution in [-0.4, -0.2) is 58.0 Å². The Morgan fingerprint density at radius 1 is 1.15 bits per heavy atom. The summed E-state index contributed by atoms with van der Waals surface area (Å²) in [6.45, 7) is 6.45. The number of hydrogen-bond acceptors (Lipinski definition) is 5. The van der Waals surface area contributed by atoms with Crippen molar-refractivity contribution in [1.82, 2.24) is 14.9 Å². The van der Waals surface area contributed by atoms with E-state index in [1.54, 1.807) is 0 Å². The van der Waals surface area contributed by atoms with E-state index in [0.29, 0.717) is 32.0 Å². The van der Waals surface area contributed by atoms with E-state index in [1.807, 2.05) is 23.6 Å². The van der Waals surface area contributed by atoms with E-state index < -0.39 is 5.97 Å². The second-order valence-corrected chi connectivity index (χ2v) is 5.03. The molecular weight excluding hydrogens is 260 g/mol. The highest BCUT2D eigenvalue weighted by atomic mass is 16.4. The summed E-state index contributed by atoms with van der Waals surface area (Å²) in [7, 11) is 0. The van der Waals surface area contributed by atoms with Crippen molar-refractivity contribution >= 4 is 17.7 Å². The van der Waals surface area contributed by atoms with Crippen LogP contribution in [0.2, 0.25) is 0 Å². The van der Waals surface area contributed by atoms with Gasteiger partial charge >= 0.3 is 5.97 Å². The van der Waals surface area contributed by atoms with Crippen LogP contribution in [0.4, 0.5) is 5.82 Å². The van der Waals surface area contributed by atoms with Crippen molar-refractivity contribution in [3.63, 3.8) is 0 Å². The largest absolute Gasteiger partial charge is 0.476 e. The molecule has 7 nitrogen and oxygen atoms in total. The van der Waals surface area contributed by atoms with Crippen LogP contribution in [0.15, 0.2) is 12.4 Å². The van der Waals surface area contributed by atoms with Crippen LogP contribution in [-0.2, 0) is 4.79 Å². The molecule has 0 aliphatic carbocycles. The van der Waals surface area contributed by atoms with Gasteiger partial charge in [-0.25, -0.2) is 14.8 Å². The number of anilines is 1. The number of hydrogen-bond donors (Lipinski definition) is 1. The van der Waals surface area contributed by atoms with Crippen molar-refractivity contribution in [3.05, 3.63) is 18.1 Å². The number of aromatic carboxylic acids is 1. The summed E-state index contributed by atoms with van der Waals surface area (Å²) < 4.78 is 0. The van der Waals surface area contributed by atoms with Gasteiger partial charge in [-0.2, -0.15) is 0 Å². The lowest BCUT2D eigenvalue weighted by Crippen LogP contribution is -2.50. The Balaban J connectivity index is 1.97. The number of carboxylic acids is 1. The SMILES string of the molecule is CC(C)C(=O)N1CCN(c2cnc(C(=O)O)cn2)CC1. The molecule has 0 atom stereocenters. The van der Waals surface area contributed by atoms with E-state index in [9.17, 15) is 9.59 Å². The van der Waals surface area contributed by atoms with Gasteiger partial charge in [0.25, 0.3) is 0 Å². The molecule has 1 aliphatic heterocycles. The quantitative estimate of drug-likeness (QED) is 0.865. The van der Waals surface area contributed by atoms with Crippen LogP contribution in [0, 0.1) is 5.92 Å². The molecule has 1 fully saturated rings. The standard InChI is InChI=1S/C13H18N4O3/c1-9(2)12(18)17-5-3-16(4-6-17)11-8-14-10(7-15-11)13(19)20/h7-9H,3-6H2,1-2H3,(H,19,20). The summed E-state index contributed by atoms with van der Waals surface area (Å²) in [6, 6.07) is 0. The molecule has 0 radical (unpaired) electrons. The van der Waals surface area contributed by atoms with Gasteiger partial charge in [0.15, 0.2) is 5.69 Å². The molecule has 0 bridgehead atoms. The minimum absolute atomic E-state index is 0.0104. The third kappa shape index (κ3) is 3.04. The highest BCUT2D eigenvalue weighted by Gasteiger charge is 2.23. The molecule has 1 aromatic heterocycles. The first kappa shape index (κ1) is 14.2. The summed E-state index contributed by atoms with van der Waals surface area (Å²) in [6.07, 6.45) is 2.71. The molecule has 0 saturated carbocycles. The zero-order valence-corrected chi connectivity index (χ0v) is 11.6. The van der Waals surface area contributed by atoms with Crippen LogP contribution in [0.5, 0.6) is 0 Å². The van der Waals surface area contributed by atoms with E-state index in [-0.39, 0.29) is 17.5 Å². The van der Waals surface area contributed by atoms with Gasteiger partial charge in [0, 0.05) is 32.1 Å². The van der Waals surface area contributed by atoms with Gasteiger partial charge in [-0.15, -0.1) is 0 Å². The summed E-state index contributed by atoms with van der Waals surface area (Å²) in [5.41, 5.74) is -0.0672. The Morgan fingerprint density at radius 2 is 1.80 bits per heavy atom. The maximum atomic E-state index is 11.9. The Hall–Kier alpha value is -2.18. The van der Waals surface area contributed by atoms with Crippen LogP contribution < -0.4 is 4.90 Å². The summed E-state index contributed by atoms with van der Waals surface area (Å²) >= 11 is 0. The predicted molar refractivity (Wildman–Crippen MR) is 72.6 cm³/mol. The molecule has 20 heavy (non-hydrogen) atoms. The molecule has 108 valence electrons. The number of nitrogens with zero attached hydrogens (tertiary/aromatic N) is 4. The van der Waals surface area contributed by atoms with Gasteiger partial charge in [-0.1, -0.05) is 13.8 Å². The Labute approximate surface area is 117 Å². The molecule has 1 aliphatic rings. The van der Waals surface area contributed by atoms with Crippen LogP contribution in [0.1, 0.15) is 24.3 Å². The molecule has 2 heterocycles. The van der Waals surface area contributed by atoms with Crippen molar-refractivity contribution < 1.29 is 14.7 Å². The molecule has 0 spiro atoms. The molecule has 1 N–H and O–H groups in total. The third-order valence-electron chi connectivity index (χ3n) is 3.27. The van der Waals surface area contributed by atoms with Gasteiger partial charge in [0.1, 0.15) is 5.82 Å². The lowest BCUT2D eigenvalue weighted by Gasteiger charge is -2.36. The topological polar surface area (TPSA) is 86.6 Å². The molecular formula is C13H18N4O3. The van der Waals surface area contributed by atoms with Gasteiger partial charge in [-0.05, 0) is 0 Å². The average Bonchev–Trinajstić information content (AvgIpc) is 2.46. The van der Waals surface area contributed by atoms with Gasteiger partial charge in [0.2, 0.25) is 5.91 Å². The first-order valence-electron chi connectivity index (χ1n) is 6.58. The minimum atomic E-state index is -1.09. The summed E-state index contributed by atoms with van der Waals surface area (Å²) in [5.74, 6) is -0.267. The average molecular weight is 278 g/mol. The van der Waals surface area contributed by atoms with E-state index >= 15 is 0 Å². The Kier molecular flexibility index (Phi) is 4.16. The zero-order valence-electron chi connectivity index (χ0n) is 11.6. The van der Waals surface area contributed by atoms with Crippen molar-refractivity contribution in [2.24, 2.45) is 5.92 Å². The molecule has 7 heteroatoms. The van der Waals surface area contributed by atoms with Crippen molar-refractivity contribution in [1.29, 1.82) is 0 Å². The number of amides is 1. The number of rotatable bonds is 3. The minimum Gasteiger partial charge on any atom is -0.476 e. The van der Waals surface area contributed by atoms with Gasteiger partial charge < -0.3 is 14.9 Å². The molecule has 0 aromatic carbocycles. The fourth-order valence-electron chi connectivity index (χ4n) is 2.12. The molecule has 0 unspecified atom stereocenters. The number of piperazine rings is 1. The normalized spacial score (nSPS) is 15.6. The maximum Gasteiger partial charge on any atom is 0.356 e. The Bertz CT molecular complexity index is 493. The lowest BCUT2D eigenvalue weighted by atomic mass is 10.1. The highest BCUT2D eigenvalue weighted by molar-refractivity contribution is 5.84. The molecule has 1 amide bonds. The number of carbonyl (C=O) groups is 2. The van der Waals surface area contributed by atoms with E-state index in [4.69, 9.17) is 5.11 Å².